The first-order valence-electron chi connectivity index (χ1n) is 10.9. The van der Waals surface area contributed by atoms with Crippen molar-refractivity contribution in [1.29, 1.82) is 0 Å². The first-order chi connectivity index (χ1) is 14.7. The zero-order valence-electron chi connectivity index (χ0n) is 18.8. The van der Waals surface area contributed by atoms with Crippen molar-refractivity contribution in [3.05, 3.63) is 28.3 Å². The van der Waals surface area contributed by atoms with Gasteiger partial charge in [-0.3, -0.25) is 19.4 Å². The van der Waals surface area contributed by atoms with Crippen molar-refractivity contribution >= 4 is 22.6 Å². The smallest absolute Gasteiger partial charge is 0.272 e. The third kappa shape index (κ3) is 3.51. The predicted octanol–water partition coefficient (Wildman–Crippen LogP) is 2.94. The van der Waals surface area contributed by atoms with Crippen LogP contribution in [0.15, 0.2) is 17.1 Å². The molecule has 1 saturated carbocycles. The van der Waals surface area contributed by atoms with Gasteiger partial charge < -0.3 is 15.2 Å². The maximum atomic E-state index is 13.2. The zero-order valence-corrected chi connectivity index (χ0v) is 18.8. The number of aromatic amines is 1. The number of H-pyrrole nitrogens is 1. The van der Waals surface area contributed by atoms with E-state index in [-0.39, 0.29) is 35.3 Å². The fraction of sp³-hybridized carbons (Fsp3) is 0.545. The van der Waals surface area contributed by atoms with E-state index in [0.29, 0.717) is 27.9 Å². The predicted molar refractivity (Wildman–Crippen MR) is 121 cm³/mol. The van der Waals surface area contributed by atoms with Crippen LogP contribution in [0, 0.1) is 5.92 Å². The monoisotopic (exact) mass is 425 g/mol. The highest BCUT2D eigenvalue weighted by Crippen LogP contribution is 2.30. The Bertz CT molecular complexity index is 1180. The normalized spacial score (nSPS) is 15.8. The van der Waals surface area contributed by atoms with E-state index in [0.717, 1.165) is 25.7 Å². The number of hydrogen-bond donors (Lipinski definition) is 2. The molecule has 3 N–H and O–H groups in total. The van der Waals surface area contributed by atoms with Gasteiger partial charge in [0.1, 0.15) is 11.1 Å². The van der Waals surface area contributed by atoms with Crippen molar-refractivity contribution in [2.24, 2.45) is 13.0 Å². The molecule has 0 aliphatic heterocycles. The van der Waals surface area contributed by atoms with Crippen molar-refractivity contribution < 1.29 is 4.79 Å². The van der Waals surface area contributed by atoms with Crippen LogP contribution in [0.25, 0.3) is 22.2 Å². The number of carbonyl (C=O) groups is 1. The lowest BCUT2D eigenvalue weighted by Crippen LogP contribution is -2.36. The first kappa shape index (κ1) is 21.1. The standard InChI is InChI=1S/C22H31N7O2/c1-12(2)13(3)29-11-15(19-18(22(29)31)20(23)25-24-19)16-10-17(28(5)26-16)21(30)27(4)14-8-6-7-9-14/h10-14H,6-9H2,1-5H3,(H3,23,24,25). The molecule has 1 amide bonds. The van der Waals surface area contributed by atoms with Gasteiger partial charge in [-0.05, 0) is 31.7 Å². The second-order valence-corrected chi connectivity index (χ2v) is 8.99. The third-order valence-electron chi connectivity index (χ3n) is 6.75. The molecule has 9 nitrogen and oxygen atoms in total. The van der Waals surface area contributed by atoms with E-state index in [2.05, 4.69) is 29.1 Å². The lowest BCUT2D eigenvalue weighted by atomic mass is 10.0. The summed E-state index contributed by atoms with van der Waals surface area (Å²) in [5, 5.41) is 11.9. The summed E-state index contributed by atoms with van der Waals surface area (Å²) in [4.78, 5) is 28.1. The average Bonchev–Trinajstić information content (AvgIpc) is 3.47. The number of nitrogens with two attached hydrogens (primary N) is 1. The first-order valence-corrected chi connectivity index (χ1v) is 10.9. The van der Waals surface area contributed by atoms with Crippen LogP contribution in [0.1, 0.15) is 63.0 Å². The number of fused-ring (bicyclic) bond motifs is 1. The maximum absolute atomic E-state index is 13.2. The molecule has 1 aliphatic carbocycles. The van der Waals surface area contributed by atoms with E-state index < -0.39 is 0 Å². The number of aromatic nitrogens is 5. The Labute approximate surface area is 181 Å². The molecule has 0 aromatic carbocycles. The van der Waals surface area contributed by atoms with Gasteiger partial charge in [0.15, 0.2) is 5.82 Å². The molecule has 31 heavy (non-hydrogen) atoms. The fourth-order valence-corrected chi connectivity index (χ4v) is 4.41. The van der Waals surface area contributed by atoms with Crippen molar-refractivity contribution in [2.75, 3.05) is 12.8 Å². The fourth-order valence-electron chi connectivity index (χ4n) is 4.41. The molecule has 1 fully saturated rings. The summed E-state index contributed by atoms with van der Waals surface area (Å²) < 4.78 is 3.30. The van der Waals surface area contributed by atoms with Gasteiger partial charge in [0.2, 0.25) is 0 Å². The molecule has 1 unspecified atom stereocenters. The average molecular weight is 426 g/mol. The number of nitrogens with one attached hydrogen (secondary N) is 1. The van der Waals surface area contributed by atoms with Crippen LogP contribution < -0.4 is 11.3 Å². The van der Waals surface area contributed by atoms with E-state index in [1.54, 1.807) is 28.6 Å². The molecule has 0 bridgehead atoms. The number of carbonyl (C=O) groups excluding carboxylic acids is 1. The Balaban J connectivity index is 1.82. The number of amides is 1. The second-order valence-electron chi connectivity index (χ2n) is 8.99. The quantitative estimate of drug-likeness (QED) is 0.652. The lowest BCUT2D eigenvalue weighted by molar-refractivity contribution is 0.0724. The van der Waals surface area contributed by atoms with Crippen LogP contribution >= 0.6 is 0 Å². The Kier molecular flexibility index (Phi) is 5.36. The highest BCUT2D eigenvalue weighted by molar-refractivity contribution is 5.99. The van der Waals surface area contributed by atoms with E-state index >= 15 is 0 Å². The van der Waals surface area contributed by atoms with Crippen molar-refractivity contribution in [3.8, 4) is 11.3 Å². The van der Waals surface area contributed by atoms with E-state index in [1.807, 2.05) is 18.9 Å². The minimum Gasteiger partial charge on any atom is -0.382 e. The Morgan fingerprint density at radius 1 is 1.29 bits per heavy atom. The molecule has 1 atom stereocenters. The second kappa shape index (κ2) is 7.86. The summed E-state index contributed by atoms with van der Waals surface area (Å²) in [6, 6.07) is 2.02. The minimum atomic E-state index is -0.181. The molecule has 3 aromatic heterocycles. The number of nitrogens with zero attached hydrogens (tertiary/aromatic N) is 5. The molecule has 1 aliphatic rings. The lowest BCUT2D eigenvalue weighted by Gasteiger charge is -2.24. The molecule has 4 rings (SSSR count). The molecule has 9 heteroatoms. The van der Waals surface area contributed by atoms with Gasteiger partial charge in [-0.2, -0.15) is 10.2 Å². The van der Waals surface area contributed by atoms with Crippen LogP contribution in [-0.2, 0) is 7.05 Å². The van der Waals surface area contributed by atoms with Crippen molar-refractivity contribution in [3.63, 3.8) is 0 Å². The number of anilines is 1. The third-order valence-corrected chi connectivity index (χ3v) is 6.75. The number of nitrogen functional groups attached to an aromatic ring is 1. The van der Waals surface area contributed by atoms with Crippen molar-refractivity contribution in [1.82, 2.24) is 29.4 Å². The number of rotatable bonds is 5. The van der Waals surface area contributed by atoms with Gasteiger partial charge in [-0.15, -0.1) is 0 Å². The molecular formula is C22H31N7O2. The van der Waals surface area contributed by atoms with Crippen molar-refractivity contribution in [2.45, 2.75) is 58.5 Å². The molecule has 3 heterocycles. The Morgan fingerprint density at radius 2 is 1.97 bits per heavy atom. The van der Waals surface area contributed by atoms with Crippen LogP contribution in [0.5, 0.6) is 0 Å². The van der Waals surface area contributed by atoms with Gasteiger partial charge >= 0.3 is 0 Å². The highest BCUT2D eigenvalue weighted by Gasteiger charge is 2.27. The van der Waals surface area contributed by atoms with Gasteiger partial charge in [-0.25, -0.2) is 0 Å². The summed E-state index contributed by atoms with van der Waals surface area (Å²) >= 11 is 0. The minimum absolute atomic E-state index is 0.0386. The molecule has 166 valence electrons. The van der Waals surface area contributed by atoms with Gasteiger partial charge in [0.05, 0.1) is 11.2 Å². The van der Waals surface area contributed by atoms with E-state index in [1.165, 1.54) is 0 Å². The molecule has 0 radical (unpaired) electrons. The largest absolute Gasteiger partial charge is 0.382 e. The highest BCUT2D eigenvalue weighted by atomic mass is 16.2. The Hall–Kier alpha value is -3.10. The number of hydrogen-bond acceptors (Lipinski definition) is 5. The van der Waals surface area contributed by atoms with Gasteiger partial charge in [0.25, 0.3) is 11.5 Å². The zero-order chi connectivity index (χ0) is 22.4. The summed E-state index contributed by atoms with van der Waals surface area (Å²) in [6.07, 6.45) is 6.20. The number of aryl methyl sites for hydroxylation is 1. The van der Waals surface area contributed by atoms with Gasteiger partial charge in [0, 0.05) is 37.9 Å². The van der Waals surface area contributed by atoms with E-state index in [9.17, 15) is 9.59 Å². The molecule has 0 spiro atoms. The summed E-state index contributed by atoms with van der Waals surface area (Å²) in [7, 11) is 3.63. The van der Waals surface area contributed by atoms with Crippen LogP contribution in [0.3, 0.4) is 0 Å². The molecule has 0 saturated heterocycles. The van der Waals surface area contributed by atoms with Crippen LogP contribution in [0.2, 0.25) is 0 Å². The van der Waals surface area contributed by atoms with E-state index in [4.69, 9.17) is 5.73 Å². The molecule has 3 aromatic rings. The number of pyridine rings is 1. The SMILES string of the molecule is CC(C)C(C)n1cc(-c2cc(C(=O)N(C)C3CCCC3)n(C)n2)c2[nH]nc(N)c2c1=O. The Morgan fingerprint density at radius 3 is 2.61 bits per heavy atom. The summed E-state index contributed by atoms with van der Waals surface area (Å²) in [5.41, 5.74) is 8.19. The molecular weight excluding hydrogens is 394 g/mol. The van der Waals surface area contributed by atoms with Gasteiger partial charge in [-0.1, -0.05) is 26.7 Å². The maximum Gasteiger partial charge on any atom is 0.272 e. The topological polar surface area (TPSA) is 115 Å². The summed E-state index contributed by atoms with van der Waals surface area (Å²) in [6.45, 7) is 6.13. The van der Waals surface area contributed by atoms with Crippen LogP contribution in [0.4, 0.5) is 5.82 Å². The summed E-state index contributed by atoms with van der Waals surface area (Å²) in [5.74, 6) is 0.370. The van der Waals surface area contributed by atoms with Crippen LogP contribution in [-0.4, -0.2) is 48.4 Å².